The van der Waals surface area contributed by atoms with Gasteiger partial charge in [0.1, 0.15) is 5.75 Å². The number of halogens is 2. The zero-order valence-electron chi connectivity index (χ0n) is 15.3. The summed E-state index contributed by atoms with van der Waals surface area (Å²) in [6.07, 6.45) is 0. The van der Waals surface area contributed by atoms with E-state index in [4.69, 9.17) is 32.7 Å². The molecule has 144 valence electrons. The third-order valence-electron chi connectivity index (χ3n) is 4.01. The van der Waals surface area contributed by atoms with Gasteiger partial charge in [-0.1, -0.05) is 41.4 Å². The zero-order valence-corrected chi connectivity index (χ0v) is 16.9. The van der Waals surface area contributed by atoms with Gasteiger partial charge in [-0.3, -0.25) is 4.79 Å². The lowest BCUT2D eigenvalue weighted by atomic mass is 10.0. The second kappa shape index (κ2) is 9.62. The van der Waals surface area contributed by atoms with Crippen LogP contribution in [0.15, 0.2) is 36.4 Å². The molecule has 2 aromatic carbocycles. The highest BCUT2D eigenvalue weighted by Gasteiger charge is 2.13. The fourth-order valence-corrected chi connectivity index (χ4v) is 2.78. The summed E-state index contributed by atoms with van der Waals surface area (Å²) in [6.45, 7) is 5.17. The van der Waals surface area contributed by atoms with Crippen LogP contribution in [-0.4, -0.2) is 25.1 Å². The number of ether oxygens (including phenoxy) is 2. The molecule has 0 aromatic heterocycles. The Balaban J connectivity index is 1.77. The molecule has 0 saturated carbocycles. The molecule has 0 heterocycles. The summed E-state index contributed by atoms with van der Waals surface area (Å²) in [5.74, 6) is -0.751. The third-order valence-corrected chi connectivity index (χ3v) is 4.54. The van der Waals surface area contributed by atoms with Crippen molar-refractivity contribution < 1.29 is 19.1 Å². The van der Waals surface area contributed by atoms with Crippen molar-refractivity contribution in [3.63, 3.8) is 0 Å². The number of esters is 1. The van der Waals surface area contributed by atoms with Crippen molar-refractivity contribution in [2.75, 3.05) is 13.2 Å². The summed E-state index contributed by atoms with van der Waals surface area (Å²) in [5.41, 5.74) is 3.32. The summed E-state index contributed by atoms with van der Waals surface area (Å²) in [6, 6.07) is 10.4. The number of rotatable bonds is 7. The van der Waals surface area contributed by atoms with Gasteiger partial charge in [0.25, 0.3) is 5.91 Å². The van der Waals surface area contributed by atoms with Crippen LogP contribution in [0.2, 0.25) is 10.0 Å². The number of nitrogens with one attached hydrogen (secondary N) is 1. The van der Waals surface area contributed by atoms with Crippen LogP contribution in [0.4, 0.5) is 0 Å². The Labute approximate surface area is 168 Å². The molecule has 0 aliphatic carbocycles. The van der Waals surface area contributed by atoms with E-state index in [1.54, 1.807) is 12.1 Å². The Morgan fingerprint density at radius 2 is 1.78 bits per heavy atom. The van der Waals surface area contributed by atoms with Crippen molar-refractivity contribution in [3.8, 4) is 5.75 Å². The normalized spacial score (nSPS) is 11.6. The summed E-state index contributed by atoms with van der Waals surface area (Å²) in [5, 5.41) is 3.54. The van der Waals surface area contributed by atoms with E-state index in [9.17, 15) is 9.59 Å². The van der Waals surface area contributed by atoms with Crippen molar-refractivity contribution in [2.45, 2.75) is 26.8 Å². The SMILES string of the molecule is Cc1ccc([C@@H](C)NC(=O)COC(=O)COc2ccc(Cl)cc2Cl)cc1C. The maximum atomic E-state index is 12.0. The minimum absolute atomic E-state index is 0.195. The molecule has 1 atom stereocenters. The zero-order chi connectivity index (χ0) is 20.0. The average molecular weight is 410 g/mol. The van der Waals surface area contributed by atoms with Gasteiger partial charge < -0.3 is 14.8 Å². The number of benzene rings is 2. The van der Waals surface area contributed by atoms with Crippen LogP contribution in [0.3, 0.4) is 0 Å². The highest BCUT2D eigenvalue weighted by Crippen LogP contribution is 2.27. The molecule has 0 fully saturated rings. The monoisotopic (exact) mass is 409 g/mol. The molecule has 0 saturated heterocycles. The maximum Gasteiger partial charge on any atom is 0.344 e. The van der Waals surface area contributed by atoms with Crippen molar-refractivity contribution in [1.82, 2.24) is 5.32 Å². The van der Waals surface area contributed by atoms with Gasteiger partial charge in [0.2, 0.25) is 0 Å². The van der Waals surface area contributed by atoms with Crippen LogP contribution in [0.5, 0.6) is 5.75 Å². The van der Waals surface area contributed by atoms with Gasteiger partial charge in [0.15, 0.2) is 13.2 Å². The number of aryl methyl sites for hydroxylation is 2. The Kier molecular flexibility index (Phi) is 7.51. The first-order valence-corrected chi connectivity index (χ1v) is 9.12. The van der Waals surface area contributed by atoms with E-state index >= 15 is 0 Å². The first kappa shape index (κ1) is 21.1. The Morgan fingerprint density at radius 1 is 1.04 bits per heavy atom. The summed E-state index contributed by atoms with van der Waals surface area (Å²) < 4.78 is 10.2. The Bertz CT molecular complexity index is 839. The van der Waals surface area contributed by atoms with Crippen molar-refractivity contribution in [1.29, 1.82) is 0 Å². The lowest BCUT2D eigenvalue weighted by Crippen LogP contribution is -2.32. The molecular formula is C20H21Cl2NO4. The quantitative estimate of drug-likeness (QED) is 0.687. The largest absolute Gasteiger partial charge is 0.480 e. The lowest BCUT2D eigenvalue weighted by Gasteiger charge is -2.16. The maximum absolute atomic E-state index is 12.0. The van der Waals surface area contributed by atoms with Gasteiger partial charge in [-0.25, -0.2) is 4.79 Å². The second-order valence-corrected chi connectivity index (χ2v) is 7.00. The number of carbonyl (C=O) groups excluding carboxylic acids is 2. The van der Waals surface area contributed by atoms with Gasteiger partial charge in [-0.05, 0) is 55.7 Å². The van der Waals surface area contributed by atoms with E-state index in [0.717, 1.165) is 11.1 Å². The fourth-order valence-electron chi connectivity index (χ4n) is 2.32. The fraction of sp³-hybridized carbons (Fsp3) is 0.300. The van der Waals surface area contributed by atoms with Crippen LogP contribution < -0.4 is 10.1 Å². The minimum atomic E-state index is -0.671. The van der Waals surface area contributed by atoms with E-state index in [1.165, 1.54) is 11.6 Å². The number of hydrogen-bond donors (Lipinski definition) is 1. The summed E-state index contributed by atoms with van der Waals surface area (Å²) >= 11 is 11.7. The second-order valence-electron chi connectivity index (χ2n) is 6.16. The van der Waals surface area contributed by atoms with Crippen LogP contribution in [0, 0.1) is 13.8 Å². The van der Waals surface area contributed by atoms with Gasteiger partial charge in [-0.15, -0.1) is 0 Å². The van der Waals surface area contributed by atoms with E-state index in [1.807, 2.05) is 39.0 Å². The molecule has 0 bridgehead atoms. The van der Waals surface area contributed by atoms with Crippen LogP contribution in [0.25, 0.3) is 0 Å². The highest BCUT2D eigenvalue weighted by atomic mass is 35.5. The molecular weight excluding hydrogens is 389 g/mol. The van der Waals surface area contributed by atoms with Gasteiger partial charge in [-0.2, -0.15) is 0 Å². The topological polar surface area (TPSA) is 64.6 Å². The van der Waals surface area contributed by atoms with Gasteiger partial charge in [0, 0.05) is 5.02 Å². The lowest BCUT2D eigenvalue weighted by molar-refractivity contribution is -0.150. The molecule has 0 aliphatic rings. The summed E-state index contributed by atoms with van der Waals surface area (Å²) in [4.78, 5) is 23.7. The van der Waals surface area contributed by atoms with E-state index in [0.29, 0.717) is 10.8 Å². The molecule has 2 rings (SSSR count). The Hall–Kier alpha value is -2.24. The molecule has 2 aromatic rings. The average Bonchev–Trinajstić information content (AvgIpc) is 2.61. The number of amides is 1. The first-order valence-electron chi connectivity index (χ1n) is 8.36. The molecule has 0 radical (unpaired) electrons. The number of hydrogen-bond acceptors (Lipinski definition) is 4. The molecule has 0 spiro atoms. The van der Waals surface area contributed by atoms with Crippen LogP contribution in [0.1, 0.15) is 29.7 Å². The smallest absolute Gasteiger partial charge is 0.344 e. The third kappa shape index (κ3) is 6.45. The molecule has 5 nitrogen and oxygen atoms in total. The number of carbonyl (C=O) groups is 2. The predicted molar refractivity (Wildman–Crippen MR) is 105 cm³/mol. The molecule has 1 N–H and O–H groups in total. The molecule has 7 heteroatoms. The Morgan fingerprint density at radius 3 is 2.44 bits per heavy atom. The molecule has 27 heavy (non-hydrogen) atoms. The first-order chi connectivity index (χ1) is 12.8. The van der Waals surface area contributed by atoms with Gasteiger partial charge >= 0.3 is 5.97 Å². The van der Waals surface area contributed by atoms with Crippen molar-refractivity contribution in [3.05, 3.63) is 63.1 Å². The van der Waals surface area contributed by atoms with Gasteiger partial charge in [0.05, 0.1) is 11.1 Å². The highest BCUT2D eigenvalue weighted by molar-refractivity contribution is 6.35. The van der Waals surface area contributed by atoms with E-state index in [-0.39, 0.29) is 24.3 Å². The predicted octanol–water partition coefficient (Wildman–Crippen LogP) is 4.41. The van der Waals surface area contributed by atoms with Crippen LogP contribution >= 0.6 is 23.2 Å². The standard InChI is InChI=1S/C20H21Cl2NO4/c1-12-4-5-15(8-13(12)2)14(3)23-19(24)10-27-20(25)11-26-18-7-6-16(21)9-17(18)22/h4-9,14H,10-11H2,1-3H3,(H,23,24)/t14-/m1/s1. The minimum Gasteiger partial charge on any atom is -0.480 e. The van der Waals surface area contributed by atoms with E-state index < -0.39 is 11.9 Å². The van der Waals surface area contributed by atoms with Crippen molar-refractivity contribution in [2.24, 2.45) is 0 Å². The van der Waals surface area contributed by atoms with E-state index in [2.05, 4.69) is 5.32 Å². The van der Waals surface area contributed by atoms with Crippen LogP contribution in [-0.2, 0) is 14.3 Å². The summed E-state index contributed by atoms with van der Waals surface area (Å²) in [7, 11) is 0. The molecule has 1 amide bonds. The molecule has 0 unspecified atom stereocenters. The van der Waals surface area contributed by atoms with Crippen molar-refractivity contribution >= 4 is 35.1 Å². The molecule has 0 aliphatic heterocycles.